The maximum atomic E-state index is 2.65. The van der Waals surface area contributed by atoms with Crippen molar-refractivity contribution in [3.05, 3.63) is 24.8 Å². The molecule has 0 saturated heterocycles. The number of aromatic nitrogens is 4. The van der Waals surface area contributed by atoms with Gasteiger partial charge >= 0.3 is 11.6 Å². The minimum Gasteiger partial charge on any atom is -0.223 e. The fourth-order valence-electron chi connectivity index (χ4n) is 9.07. The highest BCUT2D eigenvalue weighted by Crippen LogP contribution is 2.20. The van der Waals surface area contributed by atoms with E-state index in [-0.39, 0.29) is 0 Å². The maximum Gasteiger partial charge on any atom is 0.373 e. The summed E-state index contributed by atoms with van der Waals surface area (Å²) in [6.07, 6.45) is 64.4. The first kappa shape index (κ1) is 51.6. The summed E-state index contributed by atoms with van der Waals surface area (Å²) in [4.78, 5) is 0. The van der Waals surface area contributed by atoms with Crippen molar-refractivity contribution in [1.82, 2.24) is 9.13 Å². The van der Waals surface area contributed by atoms with E-state index in [1.54, 1.807) is 0 Å². The predicted octanol–water partition coefficient (Wildman–Crippen LogP) is 16.8. The lowest BCUT2D eigenvalue weighted by atomic mass is 10.0. The Morgan fingerprint density at radius 2 is 0.491 bits per heavy atom. The second-order valence-electron chi connectivity index (χ2n) is 18.4. The summed E-state index contributed by atoms with van der Waals surface area (Å²) in [5.74, 6) is 2.95. The average molecular weight is 795 g/mol. The minimum absolute atomic E-state index is 1.14. The molecule has 0 aliphatic rings. The highest BCUT2D eigenvalue weighted by molar-refractivity contribution is 5.36. The molecule has 0 unspecified atom stereocenters. The molecule has 4 nitrogen and oxygen atoms in total. The van der Waals surface area contributed by atoms with E-state index in [0.29, 0.717) is 0 Å². The van der Waals surface area contributed by atoms with Gasteiger partial charge in [-0.25, -0.2) is 18.3 Å². The number of rotatable bonds is 44. The van der Waals surface area contributed by atoms with Crippen molar-refractivity contribution in [2.75, 3.05) is 0 Å². The van der Waals surface area contributed by atoms with E-state index in [0.717, 1.165) is 26.2 Å². The predicted molar refractivity (Wildman–Crippen MR) is 251 cm³/mol. The molecule has 332 valence electrons. The van der Waals surface area contributed by atoms with Gasteiger partial charge in [0.25, 0.3) is 0 Å². The molecular weight excluding hydrogens is 693 g/mol. The van der Waals surface area contributed by atoms with E-state index >= 15 is 0 Å². The molecule has 0 N–H and O–H groups in total. The second-order valence-corrected chi connectivity index (χ2v) is 18.4. The third-order valence-electron chi connectivity index (χ3n) is 12.9. The van der Waals surface area contributed by atoms with Crippen LogP contribution in [0.5, 0.6) is 0 Å². The Balaban J connectivity index is 1.95. The van der Waals surface area contributed by atoms with Crippen LogP contribution in [-0.4, -0.2) is 9.13 Å². The molecule has 0 fully saturated rings. The number of aryl methyl sites for hydroxylation is 4. The molecule has 0 radical (unpaired) electrons. The van der Waals surface area contributed by atoms with E-state index < -0.39 is 0 Å². The molecule has 0 aliphatic carbocycles. The molecule has 4 heteroatoms. The number of hydrogen-bond acceptors (Lipinski definition) is 0. The zero-order chi connectivity index (χ0) is 40.7. The Morgan fingerprint density at radius 1 is 0.281 bits per heavy atom. The molecular formula is C53H102N4+2. The van der Waals surface area contributed by atoms with E-state index in [1.807, 2.05) is 0 Å². The van der Waals surface area contributed by atoms with E-state index in [9.17, 15) is 0 Å². The van der Waals surface area contributed by atoms with Crippen LogP contribution >= 0.6 is 0 Å². The Kier molecular flexibility index (Phi) is 34.9. The highest BCUT2D eigenvalue weighted by Gasteiger charge is 2.32. The zero-order valence-electron chi connectivity index (χ0n) is 39.5. The molecule has 0 spiro atoms. The summed E-state index contributed by atoms with van der Waals surface area (Å²) < 4.78 is 10.6. The van der Waals surface area contributed by atoms with Crippen LogP contribution in [0.25, 0.3) is 11.6 Å². The Morgan fingerprint density at radius 3 is 0.737 bits per heavy atom. The smallest absolute Gasteiger partial charge is 0.223 e. The number of hydrogen-bond donors (Lipinski definition) is 0. The molecule has 2 rings (SSSR count). The summed E-state index contributed by atoms with van der Waals surface area (Å²) in [5.41, 5.74) is 0. The van der Waals surface area contributed by atoms with Crippen LogP contribution < -0.4 is 9.13 Å². The van der Waals surface area contributed by atoms with Crippen molar-refractivity contribution in [2.45, 2.75) is 304 Å². The summed E-state index contributed by atoms with van der Waals surface area (Å²) >= 11 is 0. The summed E-state index contributed by atoms with van der Waals surface area (Å²) in [5, 5.41) is 0. The van der Waals surface area contributed by atoms with Gasteiger partial charge in [-0.1, -0.05) is 227 Å². The van der Waals surface area contributed by atoms with Crippen molar-refractivity contribution in [2.24, 2.45) is 0 Å². The van der Waals surface area contributed by atoms with Crippen molar-refractivity contribution in [3.8, 4) is 11.6 Å². The Hall–Kier alpha value is -1.58. The number of unbranched alkanes of at least 4 members (excludes halogenated alkanes) is 35. The fourth-order valence-corrected chi connectivity index (χ4v) is 9.07. The van der Waals surface area contributed by atoms with Gasteiger partial charge in [0.15, 0.2) is 0 Å². The highest BCUT2D eigenvalue weighted by atomic mass is 15.2. The van der Waals surface area contributed by atoms with Crippen LogP contribution in [0, 0.1) is 0 Å². The standard InChI is InChI=1S/C53H102N4/c1-5-9-13-17-20-22-24-26-28-30-32-34-38-42-46-56-49-48-54(44-40-36-16-12-8-4)52(56)53-55(45-41-37-19-15-11-7-3)50-51-57(53)47-43-39-35-33-31-29-27-25-23-21-18-14-10-6-2/h48-51H,5-47H2,1-4H3/q+2. The first-order valence-corrected chi connectivity index (χ1v) is 26.4. The van der Waals surface area contributed by atoms with Crippen molar-refractivity contribution in [1.29, 1.82) is 0 Å². The number of imidazole rings is 2. The van der Waals surface area contributed by atoms with Gasteiger partial charge in [0.1, 0.15) is 24.8 Å². The molecule has 2 aromatic heterocycles. The van der Waals surface area contributed by atoms with E-state index in [4.69, 9.17) is 0 Å². The van der Waals surface area contributed by atoms with Gasteiger partial charge in [-0.2, -0.15) is 0 Å². The van der Waals surface area contributed by atoms with Gasteiger partial charge in [-0.05, 0) is 51.4 Å². The molecule has 0 amide bonds. The minimum atomic E-state index is 1.14. The lowest BCUT2D eigenvalue weighted by Gasteiger charge is -2.08. The van der Waals surface area contributed by atoms with Crippen molar-refractivity contribution >= 4 is 0 Å². The fraction of sp³-hybridized carbons (Fsp3) is 0.887. The number of nitrogens with zero attached hydrogens (tertiary/aromatic N) is 4. The monoisotopic (exact) mass is 795 g/mol. The molecule has 0 bridgehead atoms. The molecule has 57 heavy (non-hydrogen) atoms. The zero-order valence-corrected chi connectivity index (χ0v) is 39.5. The van der Waals surface area contributed by atoms with Crippen LogP contribution in [0.4, 0.5) is 0 Å². The van der Waals surface area contributed by atoms with Crippen LogP contribution in [0.2, 0.25) is 0 Å². The summed E-state index contributed by atoms with van der Waals surface area (Å²) in [7, 11) is 0. The normalized spacial score (nSPS) is 11.7. The molecule has 2 heterocycles. The Bertz CT molecular complexity index is 1110. The SMILES string of the molecule is CCCCCCCCCCCCCCCCn1cc[n+](CCCCCCC)c1-c1n(CCCCCCCC)cc[n+]1CCCCCCCCCCCCCCCC. The third-order valence-corrected chi connectivity index (χ3v) is 12.9. The van der Waals surface area contributed by atoms with Crippen molar-refractivity contribution < 1.29 is 9.13 Å². The molecule has 2 aromatic rings. The van der Waals surface area contributed by atoms with Crippen LogP contribution in [0.3, 0.4) is 0 Å². The largest absolute Gasteiger partial charge is 0.373 e. The van der Waals surface area contributed by atoms with Gasteiger partial charge in [-0.3, -0.25) is 0 Å². The molecule has 0 atom stereocenters. The molecule has 0 aromatic carbocycles. The first-order chi connectivity index (χ1) is 28.3. The maximum absolute atomic E-state index is 2.65. The van der Waals surface area contributed by atoms with Crippen LogP contribution in [-0.2, 0) is 26.2 Å². The lowest BCUT2D eigenvalue weighted by Crippen LogP contribution is -2.43. The van der Waals surface area contributed by atoms with Gasteiger partial charge in [0, 0.05) is 0 Å². The first-order valence-electron chi connectivity index (χ1n) is 26.4. The van der Waals surface area contributed by atoms with Gasteiger partial charge in [-0.15, -0.1) is 0 Å². The summed E-state index contributed by atoms with van der Waals surface area (Å²) in [6.45, 7) is 13.9. The van der Waals surface area contributed by atoms with Crippen molar-refractivity contribution in [3.63, 3.8) is 0 Å². The van der Waals surface area contributed by atoms with Gasteiger partial charge in [0.05, 0.1) is 26.2 Å². The average Bonchev–Trinajstić information content (AvgIpc) is 3.81. The topological polar surface area (TPSA) is 17.6 Å². The second kappa shape index (κ2) is 38.6. The molecule has 0 saturated carbocycles. The van der Waals surface area contributed by atoms with Gasteiger partial charge in [0.2, 0.25) is 0 Å². The quantitative estimate of drug-likeness (QED) is 0.0470. The van der Waals surface area contributed by atoms with E-state index in [2.05, 4.69) is 70.8 Å². The van der Waals surface area contributed by atoms with Crippen LogP contribution in [0.15, 0.2) is 24.8 Å². The summed E-state index contributed by atoms with van der Waals surface area (Å²) in [6, 6.07) is 0. The Labute approximate surface area is 357 Å². The lowest BCUT2D eigenvalue weighted by molar-refractivity contribution is -0.715. The third kappa shape index (κ3) is 26.3. The molecule has 0 aliphatic heterocycles. The van der Waals surface area contributed by atoms with E-state index in [1.165, 1.54) is 262 Å². The van der Waals surface area contributed by atoms with Crippen LogP contribution in [0.1, 0.15) is 278 Å². The van der Waals surface area contributed by atoms with Gasteiger partial charge < -0.3 is 0 Å².